The van der Waals surface area contributed by atoms with E-state index in [1.807, 2.05) is 14.0 Å². The van der Waals surface area contributed by atoms with Crippen LogP contribution in [0.1, 0.15) is 20.3 Å². The molecule has 0 aromatic carbocycles. The predicted octanol–water partition coefficient (Wildman–Crippen LogP) is 1.97. The second kappa shape index (κ2) is 5.70. The summed E-state index contributed by atoms with van der Waals surface area (Å²) in [6, 6.07) is 0. The Kier molecular flexibility index (Phi) is 5.26. The molecule has 0 rings (SSSR count). The smallest absolute Gasteiger partial charge is 0.0936 e. The molecule has 0 radical (unpaired) electrons. The lowest BCUT2D eigenvalue weighted by atomic mass is 10.2. The first-order valence-electron chi connectivity index (χ1n) is 4.36. The van der Waals surface area contributed by atoms with Gasteiger partial charge in [-0.2, -0.15) is 0 Å². The Labute approximate surface area is 76.0 Å². The standard InChI is InChI=1S/C10H20N2/c1-6-12(5)10(4)11-8-7-9(2)3/h11H,2,4,6-8H2,1,3,5H3. The molecule has 0 spiro atoms. The van der Waals surface area contributed by atoms with Gasteiger partial charge in [0.25, 0.3) is 0 Å². The molecule has 0 saturated carbocycles. The van der Waals surface area contributed by atoms with E-state index in [4.69, 9.17) is 0 Å². The molecule has 70 valence electrons. The van der Waals surface area contributed by atoms with E-state index in [0.717, 1.165) is 25.3 Å². The molecule has 0 atom stereocenters. The Balaban J connectivity index is 3.50. The summed E-state index contributed by atoms with van der Waals surface area (Å²) in [4.78, 5) is 2.08. The van der Waals surface area contributed by atoms with Gasteiger partial charge in [0.2, 0.25) is 0 Å². The van der Waals surface area contributed by atoms with Crippen molar-refractivity contribution in [2.45, 2.75) is 20.3 Å². The molecular formula is C10H20N2. The van der Waals surface area contributed by atoms with Crippen LogP contribution in [0.15, 0.2) is 24.6 Å². The molecule has 0 aromatic heterocycles. The number of rotatable bonds is 6. The minimum atomic E-state index is 0.929. The second-order valence-electron chi connectivity index (χ2n) is 3.09. The minimum Gasteiger partial charge on any atom is -0.372 e. The summed E-state index contributed by atoms with van der Waals surface area (Å²) in [7, 11) is 2.02. The maximum absolute atomic E-state index is 3.91. The SMILES string of the molecule is C=C(C)CCNC(=C)N(C)CC. The van der Waals surface area contributed by atoms with Crippen LogP contribution in [0.4, 0.5) is 0 Å². The van der Waals surface area contributed by atoms with Crippen LogP contribution < -0.4 is 5.32 Å². The van der Waals surface area contributed by atoms with Gasteiger partial charge in [0.05, 0.1) is 5.82 Å². The highest BCUT2D eigenvalue weighted by Gasteiger charge is 1.96. The summed E-state index contributed by atoms with van der Waals surface area (Å²) >= 11 is 0. The molecular weight excluding hydrogens is 148 g/mol. The van der Waals surface area contributed by atoms with Crippen molar-refractivity contribution in [3.63, 3.8) is 0 Å². The number of nitrogens with one attached hydrogen (secondary N) is 1. The third-order valence-electron chi connectivity index (χ3n) is 1.82. The van der Waals surface area contributed by atoms with E-state index in [0.29, 0.717) is 0 Å². The van der Waals surface area contributed by atoms with Gasteiger partial charge in [0, 0.05) is 20.1 Å². The normalized spacial score (nSPS) is 9.25. The van der Waals surface area contributed by atoms with Crippen LogP contribution in [-0.4, -0.2) is 25.0 Å². The van der Waals surface area contributed by atoms with Gasteiger partial charge in [-0.1, -0.05) is 12.2 Å². The summed E-state index contributed by atoms with van der Waals surface area (Å²) in [5, 5.41) is 3.24. The van der Waals surface area contributed by atoms with E-state index in [2.05, 4.69) is 30.3 Å². The third-order valence-corrected chi connectivity index (χ3v) is 1.82. The zero-order valence-electron chi connectivity index (χ0n) is 8.48. The molecule has 2 heteroatoms. The monoisotopic (exact) mass is 168 g/mol. The Morgan fingerprint density at radius 2 is 2.00 bits per heavy atom. The van der Waals surface area contributed by atoms with Crippen LogP contribution in [0.5, 0.6) is 0 Å². The predicted molar refractivity (Wildman–Crippen MR) is 54.9 cm³/mol. The molecule has 0 fully saturated rings. The Hall–Kier alpha value is -0.920. The van der Waals surface area contributed by atoms with Gasteiger partial charge in [-0.05, 0) is 20.3 Å². The van der Waals surface area contributed by atoms with Crippen LogP contribution in [0.25, 0.3) is 0 Å². The Morgan fingerprint density at radius 1 is 1.42 bits per heavy atom. The van der Waals surface area contributed by atoms with Crippen LogP contribution >= 0.6 is 0 Å². The molecule has 0 unspecified atom stereocenters. The van der Waals surface area contributed by atoms with Crippen molar-refractivity contribution in [2.24, 2.45) is 0 Å². The highest BCUT2D eigenvalue weighted by Crippen LogP contribution is 1.96. The lowest BCUT2D eigenvalue weighted by molar-refractivity contribution is 0.406. The second-order valence-corrected chi connectivity index (χ2v) is 3.09. The number of hydrogen-bond donors (Lipinski definition) is 1. The van der Waals surface area contributed by atoms with E-state index < -0.39 is 0 Å². The van der Waals surface area contributed by atoms with Gasteiger partial charge in [0.1, 0.15) is 0 Å². The molecule has 12 heavy (non-hydrogen) atoms. The summed E-state index contributed by atoms with van der Waals surface area (Å²) in [5.41, 5.74) is 1.20. The largest absolute Gasteiger partial charge is 0.372 e. The van der Waals surface area contributed by atoms with Gasteiger partial charge in [0.15, 0.2) is 0 Å². The molecule has 1 N–H and O–H groups in total. The molecule has 0 aliphatic rings. The van der Waals surface area contributed by atoms with Gasteiger partial charge >= 0.3 is 0 Å². The fourth-order valence-corrected chi connectivity index (χ4v) is 0.746. The zero-order chi connectivity index (χ0) is 9.56. The highest BCUT2D eigenvalue weighted by molar-refractivity contribution is 4.93. The van der Waals surface area contributed by atoms with Gasteiger partial charge in [-0.3, -0.25) is 0 Å². The van der Waals surface area contributed by atoms with Crippen molar-refractivity contribution in [3.8, 4) is 0 Å². The van der Waals surface area contributed by atoms with Crippen molar-refractivity contribution < 1.29 is 0 Å². The van der Waals surface area contributed by atoms with Crippen LogP contribution in [0.2, 0.25) is 0 Å². The maximum Gasteiger partial charge on any atom is 0.0936 e. The molecule has 0 aromatic rings. The highest BCUT2D eigenvalue weighted by atomic mass is 15.2. The molecule has 2 nitrogen and oxygen atoms in total. The third kappa shape index (κ3) is 4.83. The van der Waals surface area contributed by atoms with Gasteiger partial charge in [-0.25, -0.2) is 0 Å². The lowest BCUT2D eigenvalue weighted by Gasteiger charge is -2.20. The molecule has 0 aliphatic carbocycles. The van der Waals surface area contributed by atoms with Crippen molar-refractivity contribution in [1.29, 1.82) is 0 Å². The molecule has 0 saturated heterocycles. The van der Waals surface area contributed by atoms with Crippen molar-refractivity contribution in [3.05, 3.63) is 24.6 Å². The van der Waals surface area contributed by atoms with Gasteiger partial charge < -0.3 is 10.2 Å². The topological polar surface area (TPSA) is 15.3 Å². The van der Waals surface area contributed by atoms with E-state index in [-0.39, 0.29) is 0 Å². The van der Waals surface area contributed by atoms with Crippen LogP contribution in [-0.2, 0) is 0 Å². The Morgan fingerprint density at radius 3 is 2.42 bits per heavy atom. The van der Waals surface area contributed by atoms with Crippen LogP contribution in [0, 0.1) is 0 Å². The average Bonchev–Trinajstić information content (AvgIpc) is 2.02. The van der Waals surface area contributed by atoms with Crippen molar-refractivity contribution in [1.82, 2.24) is 10.2 Å². The van der Waals surface area contributed by atoms with E-state index in [1.54, 1.807) is 0 Å². The van der Waals surface area contributed by atoms with E-state index in [1.165, 1.54) is 5.57 Å². The lowest BCUT2D eigenvalue weighted by Crippen LogP contribution is -2.28. The molecule has 0 heterocycles. The fourth-order valence-electron chi connectivity index (χ4n) is 0.746. The summed E-state index contributed by atoms with van der Waals surface area (Å²) in [5.74, 6) is 0.985. The summed E-state index contributed by atoms with van der Waals surface area (Å²) < 4.78 is 0. The first-order valence-corrected chi connectivity index (χ1v) is 4.36. The zero-order valence-corrected chi connectivity index (χ0v) is 8.48. The van der Waals surface area contributed by atoms with Crippen molar-refractivity contribution >= 4 is 0 Å². The summed E-state index contributed by atoms with van der Waals surface area (Å²) in [6.07, 6.45) is 1.01. The minimum absolute atomic E-state index is 0.929. The quantitative estimate of drug-likeness (QED) is 0.610. The summed E-state index contributed by atoms with van der Waals surface area (Å²) in [6.45, 7) is 13.8. The molecule has 0 bridgehead atoms. The number of nitrogens with zero attached hydrogens (tertiary/aromatic N) is 1. The molecule has 0 amide bonds. The first kappa shape index (κ1) is 11.1. The molecule has 0 aliphatic heterocycles. The van der Waals surface area contributed by atoms with Crippen molar-refractivity contribution in [2.75, 3.05) is 20.1 Å². The number of hydrogen-bond acceptors (Lipinski definition) is 2. The van der Waals surface area contributed by atoms with Gasteiger partial charge in [-0.15, -0.1) is 6.58 Å². The maximum atomic E-state index is 3.91. The van der Waals surface area contributed by atoms with E-state index >= 15 is 0 Å². The fraction of sp³-hybridized carbons (Fsp3) is 0.600. The Bertz CT molecular complexity index is 161. The average molecular weight is 168 g/mol. The first-order chi connectivity index (χ1) is 5.57. The van der Waals surface area contributed by atoms with E-state index in [9.17, 15) is 0 Å². The van der Waals surface area contributed by atoms with Crippen LogP contribution in [0.3, 0.4) is 0 Å².